The van der Waals surface area contributed by atoms with Gasteiger partial charge in [-0.1, -0.05) is 43.3 Å². The molecule has 0 aliphatic heterocycles. The molecule has 1 amide bonds. The van der Waals surface area contributed by atoms with E-state index in [9.17, 15) is 4.79 Å². The van der Waals surface area contributed by atoms with Crippen LogP contribution in [0.5, 0.6) is 0 Å². The topological polar surface area (TPSA) is 29.1 Å². The van der Waals surface area contributed by atoms with Gasteiger partial charge < -0.3 is 5.32 Å². The third-order valence-electron chi connectivity index (χ3n) is 3.49. The highest BCUT2D eigenvalue weighted by molar-refractivity contribution is 6.18. The van der Waals surface area contributed by atoms with Crippen molar-refractivity contribution in [3.63, 3.8) is 0 Å². The first-order valence-electron chi connectivity index (χ1n) is 6.48. The van der Waals surface area contributed by atoms with E-state index >= 15 is 0 Å². The van der Waals surface area contributed by atoms with E-state index in [1.807, 2.05) is 56.3 Å². The van der Waals surface area contributed by atoms with Gasteiger partial charge in [0, 0.05) is 17.5 Å². The Bertz CT molecular complexity index is 576. The monoisotopic (exact) mass is 275 g/mol. The lowest BCUT2D eigenvalue weighted by molar-refractivity contribution is 0.0932. The molecule has 0 spiro atoms. The highest BCUT2D eigenvalue weighted by Crippen LogP contribution is 2.18. The van der Waals surface area contributed by atoms with Crippen LogP contribution in [0.2, 0.25) is 0 Å². The average Bonchev–Trinajstić information content (AvgIpc) is 2.45. The summed E-state index contributed by atoms with van der Waals surface area (Å²) < 4.78 is 0. The van der Waals surface area contributed by atoms with Gasteiger partial charge in [0.15, 0.2) is 0 Å². The van der Waals surface area contributed by atoms with E-state index in [1.165, 1.54) is 0 Å². The molecule has 100 valence electrons. The molecule has 2 rings (SSSR count). The summed E-state index contributed by atoms with van der Waals surface area (Å²) in [4.78, 5) is 12.3. The van der Waals surface area contributed by atoms with Gasteiger partial charge in [0.05, 0.1) is 0 Å². The normalized spacial score (nSPS) is 14.1. The lowest BCUT2D eigenvalue weighted by Gasteiger charge is -2.19. The molecule has 2 nitrogen and oxygen atoms in total. The maximum Gasteiger partial charge on any atom is 0.252 e. The Labute approximate surface area is 118 Å². The van der Waals surface area contributed by atoms with Crippen molar-refractivity contribution < 1.29 is 4.79 Å². The Morgan fingerprint density at radius 3 is 2.58 bits per heavy atom. The Kier molecular flexibility index (Phi) is 4.43. The first-order chi connectivity index (χ1) is 9.13. The minimum Gasteiger partial charge on any atom is -0.349 e. The molecule has 2 unspecified atom stereocenters. The molecule has 0 radical (unpaired) electrons. The lowest BCUT2D eigenvalue weighted by atomic mass is 10.0. The first-order valence-corrected chi connectivity index (χ1v) is 7.01. The largest absolute Gasteiger partial charge is 0.349 e. The molecule has 0 saturated carbocycles. The van der Waals surface area contributed by atoms with Crippen LogP contribution in [-0.4, -0.2) is 17.8 Å². The zero-order chi connectivity index (χ0) is 13.8. The Balaban J connectivity index is 2.27. The van der Waals surface area contributed by atoms with Gasteiger partial charge in [0.2, 0.25) is 0 Å². The molecule has 0 aromatic heterocycles. The quantitative estimate of drug-likeness (QED) is 0.844. The second-order valence-corrected chi connectivity index (χ2v) is 5.23. The summed E-state index contributed by atoms with van der Waals surface area (Å²) in [5, 5.41) is 5.07. The van der Waals surface area contributed by atoms with Crippen LogP contribution in [0.4, 0.5) is 0 Å². The Morgan fingerprint density at radius 1 is 1.16 bits per heavy atom. The van der Waals surface area contributed by atoms with Crippen molar-refractivity contribution >= 4 is 28.3 Å². The highest BCUT2D eigenvalue weighted by Gasteiger charge is 2.16. The molecule has 2 aromatic carbocycles. The number of rotatable bonds is 4. The zero-order valence-electron chi connectivity index (χ0n) is 11.2. The maximum atomic E-state index is 12.3. The van der Waals surface area contributed by atoms with Crippen LogP contribution in [0.15, 0.2) is 42.5 Å². The molecule has 3 heteroatoms. The van der Waals surface area contributed by atoms with E-state index < -0.39 is 0 Å². The van der Waals surface area contributed by atoms with Crippen LogP contribution in [-0.2, 0) is 0 Å². The van der Waals surface area contributed by atoms with Crippen molar-refractivity contribution in [2.24, 2.45) is 5.92 Å². The standard InChI is InChI=1S/C16H18ClNO/c1-11(10-17)12(2)18-16(19)15-9-5-7-13-6-3-4-8-14(13)15/h3-9,11-12H,10H2,1-2H3,(H,18,19). The molecule has 0 heterocycles. The molecule has 1 N–H and O–H groups in total. The summed E-state index contributed by atoms with van der Waals surface area (Å²) in [5.41, 5.74) is 0.715. The van der Waals surface area contributed by atoms with Gasteiger partial charge in [-0.25, -0.2) is 0 Å². The Hall–Kier alpha value is -1.54. The van der Waals surface area contributed by atoms with Gasteiger partial charge in [-0.2, -0.15) is 0 Å². The molecule has 0 aliphatic rings. The van der Waals surface area contributed by atoms with E-state index in [0.717, 1.165) is 10.8 Å². The van der Waals surface area contributed by atoms with Crippen molar-refractivity contribution in [2.75, 3.05) is 5.88 Å². The van der Waals surface area contributed by atoms with Gasteiger partial charge in [0.25, 0.3) is 5.91 Å². The van der Waals surface area contributed by atoms with Gasteiger partial charge in [-0.15, -0.1) is 11.6 Å². The summed E-state index contributed by atoms with van der Waals surface area (Å²) in [6.45, 7) is 4.01. The second-order valence-electron chi connectivity index (χ2n) is 4.92. The fraction of sp³-hybridized carbons (Fsp3) is 0.312. The van der Waals surface area contributed by atoms with Crippen molar-refractivity contribution in [2.45, 2.75) is 19.9 Å². The fourth-order valence-corrected chi connectivity index (χ4v) is 2.25. The number of amides is 1. The average molecular weight is 276 g/mol. The number of hydrogen-bond donors (Lipinski definition) is 1. The number of alkyl halides is 1. The molecule has 19 heavy (non-hydrogen) atoms. The predicted octanol–water partition coefficient (Wildman–Crippen LogP) is 3.83. The van der Waals surface area contributed by atoms with E-state index in [2.05, 4.69) is 5.32 Å². The lowest BCUT2D eigenvalue weighted by Crippen LogP contribution is -2.37. The van der Waals surface area contributed by atoms with Crippen LogP contribution in [0.25, 0.3) is 10.8 Å². The molecule has 2 atom stereocenters. The van der Waals surface area contributed by atoms with Gasteiger partial charge in [0.1, 0.15) is 0 Å². The third-order valence-corrected chi connectivity index (χ3v) is 3.98. The van der Waals surface area contributed by atoms with Crippen LogP contribution >= 0.6 is 11.6 Å². The van der Waals surface area contributed by atoms with Crippen molar-refractivity contribution in [1.82, 2.24) is 5.32 Å². The molecule has 0 fully saturated rings. The van der Waals surface area contributed by atoms with Gasteiger partial charge in [-0.3, -0.25) is 4.79 Å². The van der Waals surface area contributed by atoms with Crippen molar-refractivity contribution in [3.05, 3.63) is 48.0 Å². The third kappa shape index (κ3) is 3.07. The second kappa shape index (κ2) is 6.07. The van der Waals surface area contributed by atoms with E-state index in [4.69, 9.17) is 11.6 Å². The summed E-state index contributed by atoms with van der Waals surface area (Å²) in [7, 11) is 0. The molecular weight excluding hydrogens is 258 g/mol. The Morgan fingerprint density at radius 2 is 1.84 bits per heavy atom. The van der Waals surface area contributed by atoms with Gasteiger partial charge >= 0.3 is 0 Å². The number of halogens is 1. The number of nitrogens with one attached hydrogen (secondary N) is 1. The summed E-state index contributed by atoms with van der Waals surface area (Å²) in [6.07, 6.45) is 0. The summed E-state index contributed by atoms with van der Waals surface area (Å²) in [5.74, 6) is 0.749. The van der Waals surface area contributed by atoms with Crippen molar-refractivity contribution in [1.29, 1.82) is 0 Å². The highest BCUT2D eigenvalue weighted by atomic mass is 35.5. The van der Waals surface area contributed by atoms with Crippen LogP contribution < -0.4 is 5.32 Å². The molecule has 0 aliphatic carbocycles. The van der Waals surface area contributed by atoms with Gasteiger partial charge in [-0.05, 0) is 29.7 Å². The number of fused-ring (bicyclic) bond motifs is 1. The first kappa shape index (κ1) is 13.9. The fourth-order valence-electron chi connectivity index (χ4n) is 1.98. The predicted molar refractivity (Wildman–Crippen MR) is 80.8 cm³/mol. The van der Waals surface area contributed by atoms with Crippen LogP contribution in [0.3, 0.4) is 0 Å². The minimum absolute atomic E-state index is 0.0405. The number of hydrogen-bond acceptors (Lipinski definition) is 1. The minimum atomic E-state index is -0.0405. The van der Waals surface area contributed by atoms with E-state index in [-0.39, 0.29) is 17.9 Å². The number of carbonyl (C=O) groups excluding carboxylic acids is 1. The maximum absolute atomic E-state index is 12.3. The summed E-state index contributed by atoms with van der Waals surface area (Å²) >= 11 is 5.82. The molecule has 0 saturated heterocycles. The van der Waals surface area contributed by atoms with Crippen molar-refractivity contribution in [3.8, 4) is 0 Å². The number of carbonyl (C=O) groups is 1. The van der Waals surface area contributed by atoms with Crippen LogP contribution in [0.1, 0.15) is 24.2 Å². The smallest absolute Gasteiger partial charge is 0.252 e. The number of benzene rings is 2. The zero-order valence-corrected chi connectivity index (χ0v) is 11.9. The molecular formula is C16H18ClNO. The van der Waals surface area contributed by atoms with Crippen LogP contribution in [0, 0.1) is 5.92 Å². The molecule has 0 bridgehead atoms. The van der Waals surface area contributed by atoms with E-state index in [0.29, 0.717) is 11.4 Å². The molecule has 2 aromatic rings. The SMILES string of the molecule is CC(CCl)C(C)NC(=O)c1cccc2ccccc12. The summed E-state index contributed by atoms with van der Waals surface area (Å²) in [6, 6.07) is 13.7. The van der Waals surface area contributed by atoms with E-state index in [1.54, 1.807) is 0 Å².